The lowest BCUT2D eigenvalue weighted by atomic mass is 9.91. The first-order valence-electron chi connectivity index (χ1n) is 5.87. The Hall–Kier alpha value is -1.19. The van der Waals surface area contributed by atoms with E-state index in [0.717, 1.165) is 17.1 Å². The number of thiazole rings is 1. The molecule has 1 aromatic carbocycles. The molecule has 3 heteroatoms. The molecule has 0 fully saturated rings. The molecule has 2 aromatic rings. The van der Waals surface area contributed by atoms with Crippen LogP contribution in [0.15, 0.2) is 29.6 Å². The Balaban J connectivity index is 2.20. The van der Waals surface area contributed by atoms with Crippen molar-refractivity contribution in [2.24, 2.45) is 5.73 Å². The predicted molar refractivity (Wildman–Crippen MR) is 73.5 cm³/mol. The van der Waals surface area contributed by atoms with Crippen LogP contribution in [0.1, 0.15) is 27.7 Å². The lowest BCUT2D eigenvalue weighted by molar-refractivity contribution is 0.679. The number of aromatic nitrogens is 1. The smallest absolute Gasteiger partial charge is 0.0897 e. The summed E-state index contributed by atoms with van der Waals surface area (Å²) in [7, 11) is 0. The lowest BCUT2D eigenvalue weighted by Crippen LogP contribution is -2.16. The van der Waals surface area contributed by atoms with Crippen molar-refractivity contribution in [3.63, 3.8) is 0 Å². The zero-order valence-electron chi connectivity index (χ0n) is 10.3. The van der Waals surface area contributed by atoms with E-state index in [4.69, 9.17) is 5.73 Å². The Bertz CT molecular complexity index is 490. The number of benzene rings is 1. The van der Waals surface area contributed by atoms with Crippen molar-refractivity contribution in [2.75, 3.05) is 6.54 Å². The number of rotatable bonds is 4. The van der Waals surface area contributed by atoms with Crippen LogP contribution in [0.2, 0.25) is 0 Å². The molecular formula is C14H18N2S. The van der Waals surface area contributed by atoms with Crippen LogP contribution in [0.4, 0.5) is 0 Å². The predicted octanol–water partition coefficient (Wildman–Crippen LogP) is 3.04. The molecule has 2 N–H and O–H groups in total. The van der Waals surface area contributed by atoms with E-state index < -0.39 is 0 Å². The summed E-state index contributed by atoms with van der Waals surface area (Å²) < 4.78 is 0. The lowest BCUT2D eigenvalue weighted by Gasteiger charge is -2.16. The molecule has 2 rings (SSSR count). The second-order valence-electron chi connectivity index (χ2n) is 4.35. The fraction of sp³-hybridized carbons (Fsp3) is 0.357. The van der Waals surface area contributed by atoms with Crippen LogP contribution in [0.3, 0.4) is 0 Å². The molecule has 0 amide bonds. The maximum atomic E-state index is 5.90. The van der Waals surface area contributed by atoms with Crippen LogP contribution in [-0.2, 0) is 6.42 Å². The van der Waals surface area contributed by atoms with E-state index in [0.29, 0.717) is 12.5 Å². The summed E-state index contributed by atoms with van der Waals surface area (Å²) in [6, 6.07) is 8.47. The molecule has 0 bridgehead atoms. The van der Waals surface area contributed by atoms with E-state index in [-0.39, 0.29) is 0 Å². The van der Waals surface area contributed by atoms with Crippen molar-refractivity contribution in [3.05, 3.63) is 51.5 Å². The average Bonchev–Trinajstić information content (AvgIpc) is 2.73. The van der Waals surface area contributed by atoms with E-state index in [1.165, 1.54) is 11.1 Å². The highest BCUT2D eigenvalue weighted by atomic mass is 32.1. The topological polar surface area (TPSA) is 38.9 Å². The van der Waals surface area contributed by atoms with Gasteiger partial charge in [0.25, 0.3) is 0 Å². The van der Waals surface area contributed by atoms with Crippen LogP contribution < -0.4 is 5.73 Å². The summed E-state index contributed by atoms with van der Waals surface area (Å²) in [4.78, 5) is 4.52. The summed E-state index contributed by atoms with van der Waals surface area (Å²) in [5.41, 5.74) is 9.73. The van der Waals surface area contributed by atoms with Gasteiger partial charge in [0.05, 0.1) is 10.7 Å². The summed E-state index contributed by atoms with van der Waals surface area (Å²) >= 11 is 1.70. The third-order valence-corrected chi connectivity index (χ3v) is 3.86. The third kappa shape index (κ3) is 2.93. The zero-order chi connectivity index (χ0) is 12.3. The zero-order valence-corrected chi connectivity index (χ0v) is 11.1. The van der Waals surface area contributed by atoms with Crippen LogP contribution in [-0.4, -0.2) is 11.5 Å². The van der Waals surface area contributed by atoms with Gasteiger partial charge in [-0.2, -0.15) is 0 Å². The number of aryl methyl sites for hydroxylation is 2. The quantitative estimate of drug-likeness (QED) is 0.900. The van der Waals surface area contributed by atoms with Gasteiger partial charge in [-0.3, -0.25) is 0 Å². The Morgan fingerprint density at radius 3 is 2.65 bits per heavy atom. The fourth-order valence-electron chi connectivity index (χ4n) is 2.12. The molecule has 90 valence electrons. The van der Waals surface area contributed by atoms with Gasteiger partial charge in [0.2, 0.25) is 0 Å². The van der Waals surface area contributed by atoms with Crippen molar-refractivity contribution in [3.8, 4) is 0 Å². The maximum Gasteiger partial charge on any atom is 0.0897 e. The average molecular weight is 246 g/mol. The van der Waals surface area contributed by atoms with Gasteiger partial charge in [0.1, 0.15) is 0 Å². The highest BCUT2D eigenvalue weighted by Gasteiger charge is 2.13. The van der Waals surface area contributed by atoms with Crippen molar-refractivity contribution >= 4 is 11.3 Å². The largest absolute Gasteiger partial charge is 0.330 e. The van der Waals surface area contributed by atoms with Gasteiger partial charge in [-0.05, 0) is 37.9 Å². The fourth-order valence-corrected chi connectivity index (χ4v) is 2.75. The molecule has 0 aliphatic carbocycles. The van der Waals surface area contributed by atoms with E-state index in [2.05, 4.69) is 41.6 Å². The molecule has 0 saturated carbocycles. The Kier molecular flexibility index (Phi) is 3.92. The Morgan fingerprint density at radius 1 is 1.29 bits per heavy atom. The first-order chi connectivity index (χ1) is 8.20. The molecule has 0 aliphatic heterocycles. The van der Waals surface area contributed by atoms with Gasteiger partial charge in [0.15, 0.2) is 0 Å². The van der Waals surface area contributed by atoms with Gasteiger partial charge in [-0.15, -0.1) is 11.3 Å². The molecule has 0 spiro atoms. The first kappa shape index (κ1) is 12.3. The minimum Gasteiger partial charge on any atom is -0.330 e. The highest BCUT2D eigenvalue weighted by molar-refractivity contribution is 7.09. The van der Waals surface area contributed by atoms with Crippen molar-refractivity contribution in [1.29, 1.82) is 0 Å². The SMILES string of the molecule is Cc1nc(CC(CN)c2ccccc2C)cs1. The molecule has 0 aliphatic rings. The second-order valence-corrected chi connectivity index (χ2v) is 5.41. The Labute approximate surface area is 107 Å². The minimum atomic E-state index is 0.373. The first-order valence-corrected chi connectivity index (χ1v) is 6.75. The Morgan fingerprint density at radius 2 is 2.06 bits per heavy atom. The number of nitrogens with zero attached hydrogens (tertiary/aromatic N) is 1. The minimum absolute atomic E-state index is 0.373. The third-order valence-electron chi connectivity index (χ3n) is 3.03. The summed E-state index contributed by atoms with van der Waals surface area (Å²) in [5, 5.41) is 3.26. The number of nitrogens with two attached hydrogens (primary N) is 1. The standard InChI is InChI=1S/C14H18N2S/c1-10-5-3-4-6-14(10)12(8-15)7-13-9-17-11(2)16-13/h3-6,9,12H,7-8,15H2,1-2H3. The molecule has 0 radical (unpaired) electrons. The van der Waals surface area contributed by atoms with Crippen LogP contribution in [0, 0.1) is 13.8 Å². The number of hydrogen-bond acceptors (Lipinski definition) is 3. The van der Waals surface area contributed by atoms with Gasteiger partial charge in [-0.1, -0.05) is 24.3 Å². The van der Waals surface area contributed by atoms with Gasteiger partial charge >= 0.3 is 0 Å². The molecule has 1 heterocycles. The van der Waals surface area contributed by atoms with Gasteiger partial charge < -0.3 is 5.73 Å². The number of hydrogen-bond donors (Lipinski definition) is 1. The van der Waals surface area contributed by atoms with Crippen molar-refractivity contribution < 1.29 is 0 Å². The van der Waals surface area contributed by atoms with Gasteiger partial charge in [0, 0.05) is 11.3 Å². The van der Waals surface area contributed by atoms with E-state index in [1.54, 1.807) is 11.3 Å². The van der Waals surface area contributed by atoms with E-state index in [9.17, 15) is 0 Å². The highest BCUT2D eigenvalue weighted by Crippen LogP contribution is 2.23. The molecule has 0 saturated heterocycles. The molecule has 1 atom stereocenters. The summed E-state index contributed by atoms with van der Waals surface area (Å²) in [6.07, 6.45) is 0.936. The second kappa shape index (κ2) is 5.43. The summed E-state index contributed by atoms with van der Waals surface area (Å²) in [6.45, 7) is 4.85. The molecule has 1 aromatic heterocycles. The van der Waals surface area contributed by atoms with Crippen molar-refractivity contribution in [1.82, 2.24) is 4.98 Å². The summed E-state index contributed by atoms with van der Waals surface area (Å²) in [5.74, 6) is 0.373. The van der Waals surface area contributed by atoms with E-state index in [1.807, 2.05) is 6.92 Å². The van der Waals surface area contributed by atoms with Crippen molar-refractivity contribution in [2.45, 2.75) is 26.2 Å². The molecule has 17 heavy (non-hydrogen) atoms. The normalized spacial score (nSPS) is 12.6. The maximum absolute atomic E-state index is 5.90. The van der Waals surface area contributed by atoms with Crippen LogP contribution >= 0.6 is 11.3 Å². The van der Waals surface area contributed by atoms with E-state index >= 15 is 0 Å². The van der Waals surface area contributed by atoms with Gasteiger partial charge in [-0.25, -0.2) is 4.98 Å². The van der Waals surface area contributed by atoms with Crippen LogP contribution in [0.5, 0.6) is 0 Å². The molecule has 2 nitrogen and oxygen atoms in total. The molecular weight excluding hydrogens is 228 g/mol. The monoisotopic (exact) mass is 246 g/mol. The van der Waals surface area contributed by atoms with Crippen LogP contribution in [0.25, 0.3) is 0 Å². The molecule has 1 unspecified atom stereocenters.